The van der Waals surface area contributed by atoms with Crippen LogP contribution in [0.25, 0.3) is 10.9 Å². The van der Waals surface area contributed by atoms with Crippen LogP contribution in [0.15, 0.2) is 66.9 Å². The lowest BCUT2D eigenvalue weighted by Gasteiger charge is -2.15. The van der Waals surface area contributed by atoms with Crippen molar-refractivity contribution in [1.29, 1.82) is 0 Å². The lowest BCUT2D eigenvalue weighted by molar-refractivity contribution is 0.269. The fraction of sp³-hybridized carbons (Fsp3) is 0.231. The van der Waals surface area contributed by atoms with E-state index < -0.39 is 0 Å². The Hall–Kier alpha value is -3.02. The topological polar surface area (TPSA) is 46.3 Å². The molecule has 0 unspecified atom stereocenters. The summed E-state index contributed by atoms with van der Waals surface area (Å²) in [6, 6.07) is 18.2. The van der Waals surface area contributed by atoms with Crippen LogP contribution in [0.3, 0.4) is 0 Å². The van der Waals surface area contributed by atoms with Crippen molar-refractivity contribution in [2.24, 2.45) is 0 Å². The number of nitrogens with one attached hydrogen (secondary N) is 2. The fourth-order valence-corrected chi connectivity index (χ4v) is 3.84. The van der Waals surface area contributed by atoms with Crippen LogP contribution >= 0.6 is 11.6 Å². The molecular formula is C26H26ClFN2O2. The van der Waals surface area contributed by atoms with Crippen LogP contribution in [0.5, 0.6) is 11.5 Å². The van der Waals surface area contributed by atoms with Gasteiger partial charge in [0, 0.05) is 34.7 Å². The van der Waals surface area contributed by atoms with Crippen molar-refractivity contribution >= 4 is 22.5 Å². The van der Waals surface area contributed by atoms with E-state index in [1.807, 2.05) is 19.1 Å². The minimum atomic E-state index is -0.270. The van der Waals surface area contributed by atoms with E-state index in [1.54, 1.807) is 18.2 Å². The zero-order chi connectivity index (χ0) is 22.3. The molecule has 6 heteroatoms. The zero-order valence-corrected chi connectivity index (χ0v) is 18.7. The molecule has 3 aromatic carbocycles. The SMILES string of the molecule is CCOc1cc(CNCCc2c[nH]c3ccccc23)c(Cl)cc1OCc1ccc(F)cc1. The second-order valence-electron chi connectivity index (χ2n) is 7.52. The van der Waals surface area contributed by atoms with Gasteiger partial charge in [0.15, 0.2) is 11.5 Å². The number of ether oxygens (including phenoxy) is 2. The highest BCUT2D eigenvalue weighted by Gasteiger charge is 2.12. The van der Waals surface area contributed by atoms with Gasteiger partial charge in [0.05, 0.1) is 6.61 Å². The summed E-state index contributed by atoms with van der Waals surface area (Å²) in [6.07, 6.45) is 2.98. The molecule has 32 heavy (non-hydrogen) atoms. The third-order valence-corrected chi connectivity index (χ3v) is 5.63. The lowest BCUT2D eigenvalue weighted by atomic mass is 10.1. The predicted molar refractivity (Wildman–Crippen MR) is 127 cm³/mol. The number of fused-ring (bicyclic) bond motifs is 1. The molecule has 0 aliphatic carbocycles. The molecule has 0 atom stereocenters. The first-order valence-corrected chi connectivity index (χ1v) is 11.1. The molecule has 1 heterocycles. The van der Waals surface area contributed by atoms with Crippen LogP contribution in [0.4, 0.5) is 4.39 Å². The van der Waals surface area contributed by atoms with E-state index in [-0.39, 0.29) is 5.82 Å². The van der Waals surface area contributed by atoms with Gasteiger partial charge in [-0.1, -0.05) is 41.9 Å². The fourth-order valence-electron chi connectivity index (χ4n) is 3.62. The summed E-state index contributed by atoms with van der Waals surface area (Å²) >= 11 is 6.53. The molecule has 0 radical (unpaired) electrons. The first kappa shape index (κ1) is 22.2. The maximum absolute atomic E-state index is 13.1. The van der Waals surface area contributed by atoms with Crippen molar-refractivity contribution in [2.75, 3.05) is 13.2 Å². The summed E-state index contributed by atoms with van der Waals surface area (Å²) in [7, 11) is 0. The average molecular weight is 453 g/mol. The Morgan fingerprint density at radius 2 is 1.75 bits per heavy atom. The smallest absolute Gasteiger partial charge is 0.163 e. The van der Waals surface area contributed by atoms with E-state index in [9.17, 15) is 4.39 Å². The number of hydrogen-bond donors (Lipinski definition) is 2. The van der Waals surface area contributed by atoms with E-state index in [0.29, 0.717) is 36.3 Å². The average Bonchev–Trinajstić information content (AvgIpc) is 3.21. The van der Waals surface area contributed by atoms with Gasteiger partial charge in [-0.3, -0.25) is 0 Å². The molecule has 0 saturated heterocycles. The maximum atomic E-state index is 13.1. The minimum Gasteiger partial charge on any atom is -0.490 e. The third kappa shape index (κ3) is 5.42. The molecule has 4 aromatic rings. The molecule has 0 fully saturated rings. The standard InChI is InChI=1S/C26H26ClFN2O2/c1-2-31-25-13-20(15-29-12-11-19-16-30-24-6-4-3-5-22(19)24)23(27)14-26(25)32-17-18-7-9-21(28)10-8-18/h3-10,13-14,16,29-30H,2,11-12,15,17H2,1H3. The van der Waals surface area contributed by atoms with E-state index >= 15 is 0 Å². The summed E-state index contributed by atoms with van der Waals surface area (Å²) in [5.41, 5.74) is 4.26. The summed E-state index contributed by atoms with van der Waals surface area (Å²) in [6.45, 7) is 4.20. The van der Waals surface area contributed by atoms with Crippen molar-refractivity contribution in [1.82, 2.24) is 10.3 Å². The summed E-state index contributed by atoms with van der Waals surface area (Å²) < 4.78 is 24.8. The van der Waals surface area contributed by atoms with Gasteiger partial charge in [-0.2, -0.15) is 0 Å². The van der Waals surface area contributed by atoms with Crippen LogP contribution in [0.2, 0.25) is 5.02 Å². The highest BCUT2D eigenvalue weighted by molar-refractivity contribution is 6.31. The van der Waals surface area contributed by atoms with E-state index in [4.69, 9.17) is 21.1 Å². The van der Waals surface area contributed by atoms with E-state index in [2.05, 4.69) is 34.7 Å². The summed E-state index contributed by atoms with van der Waals surface area (Å²) in [5.74, 6) is 0.949. The molecule has 0 amide bonds. The molecule has 0 saturated carbocycles. The molecule has 2 N–H and O–H groups in total. The molecule has 4 rings (SSSR count). The number of benzene rings is 3. The number of H-pyrrole nitrogens is 1. The van der Waals surface area contributed by atoms with Crippen LogP contribution in [0, 0.1) is 5.82 Å². The Balaban J connectivity index is 1.37. The van der Waals surface area contributed by atoms with Gasteiger partial charge in [-0.05, 0) is 60.8 Å². The van der Waals surface area contributed by atoms with Gasteiger partial charge < -0.3 is 19.8 Å². The Bertz CT molecular complexity index is 1170. The van der Waals surface area contributed by atoms with Crippen molar-refractivity contribution in [2.45, 2.75) is 26.5 Å². The molecule has 0 bridgehead atoms. The van der Waals surface area contributed by atoms with Crippen molar-refractivity contribution < 1.29 is 13.9 Å². The van der Waals surface area contributed by atoms with Crippen molar-refractivity contribution in [3.8, 4) is 11.5 Å². The van der Waals surface area contributed by atoms with Gasteiger partial charge >= 0.3 is 0 Å². The van der Waals surface area contributed by atoms with Gasteiger partial charge in [0.2, 0.25) is 0 Å². The Morgan fingerprint density at radius 1 is 0.969 bits per heavy atom. The highest BCUT2D eigenvalue weighted by Crippen LogP contribution is 2.34. The number of para-hydroxylation sites is 1. The predicted octanol–water partition coefficient (Wildman–Crippen LogP) is 6.27. The quantitative estimate of drug-likeness (QED) is 0.279. The Morgan fingerprint density at radius 3 is 2.56 bits per heavy atom. The normalized spacial score (nSPS) is 11.1. The summed E-state index contributed by atoms with van der Waals surface area (Å²) in [5, 5.41) is 5.34. The molecule has 4 nitrogen and oxygen atoms in total. The molecule has 0 aliphatic heterocycles. The van der Waals surface area contributed by atoms with Gasteiger partial charge in [0.1, 0.15) is 12.4 Å². The number of rotatable bonds is 10. The van der Waals surface area contributed by atoms with Crippen LogP contribution in [0.1, 0.15) is 23.6 Å². The minimum absolute atomic E-state index is 0.270. The molecule has 0 spiro atoms. The van der Waals surface area contributed by atoms with E-state index in [1.165, 1.54) is 23.1 Å². The van der Waals surface area contributed by atoms with Gasteiger partial charge in [-0.15, -0.1) is 0 Å². The molecule has 0 aliphatic rings. The van der Waals surface area contributed by atoms with Crippen LogP contribution in [-0.4, -0.2) is 18.1 Å². The Kier molecular flexibility index (Phi) is 7.30. The third-order valence-electron chi connectivity index (χ3n) is 5.28. The zero-order valence-electron chi connectivity index (χ0n) is 18.0. The van der Waals surface area contributed by atoms with Gasteiger partial charge in [0.25, 0.3) is 0 Å². The largest absolute Gasteiger partial charge is 0.490 e. The van der Waals surface area contributed by atoms with Crippen molar-refractivity contribution in [3.63, 3.8) is 0 Å². The first-order valence-electron chi connectivity index (χ1n) is 10.7. The highest BCUT2D eigenvalue weighted by atomic mass is 35.5. The van der Waals surface area contributed by atoms with E-state index in [0.717, 1.165) is 29.6 Å². The maximum Gasteiger partial charge on any atom is 0.163 e. The first-order chi connectivity index (χ1) is 15.6. The van der Waals surface area contributed by atoms with Crippen LogP contribution in [-0.2, 0) is 19.6 Å². The monoisotopic (exact) mass is 452 g/mol. The Labute approximate surface area is 192 Å². The second kappa shape index (κ2) is 10.5. The van der Waals surface area contributed by atoms with Crippen LogP contribution < -0.4 is 14.8 Å². The molecular weight excluding hydrogens is 427 g/mol. The summed E-state index contributed by atoms with van der Waals surface area (Å²) in [4.78, 5) is 3.31. The second-order valence-corrected chi connectivity index (χ2v) is 7.93. The number of hydrogen-bond acceptors (Lipinski definition) is 3. The molecule has 1 aromatic heterocycles. The lowest BCUT2D eigenvalue weighted by Crippen LogP contribution is -2.17. The number of aromatic amines is 1. The molecule has 166 valence electrons. The van der Waals surface area contributed by atoms with Crippen molar-refractivity contribution in [3.05, 3.63) is 94.4 Å². The van der Waals surface area contributed by atoms with Gasteiger partial charge in [-0.25, -0.2) is 4.39 Å². The number of halogens is 2. The number of aromatic nitrogens is 1.